The maximum absolute atomic E-state index is 10.9. The Labute approximate surface area is 148 Å². The van der Waals surface area contributed by atoms with Gasteiger partial charge >= 0.3 is 5.97 Å². The van der Waals surface area contributed by atoms with Crippen molar-refractivity contribution in [3.63, 3.8) is 0 Å². The summed E-state index contributed by atoms with van der Waals surface area (Å²) < 4.78 is 1.34. The lowest BCUT2D eigenvalue weighted by molar-refractivity contribution is 0.0696. The molecule has 0 saturated carbocycles. The highest BCUT2D eigenvalue weighted by atomic mass is 16.4. The van der Waals surface area contributed by atoms with Crippen molar-refractivity contribution in [3.8, 4) is 17.3 Å². The van der Waals surface area contributed by atoms with E-state index in [-0.39, 0.29) is 28.6 Å². The highest BCUT2D eigenvalue weighted by molar-refractivity contribution is 5.88. The number of carbonyl (C=O) groups is 1. The molecule has 0 atom stereocenters. The molecule has 0 bridgehead atoms. The van der Waals surface area contributed by atoms with Crippen molar-refractivity contribution in [1.29, 1.82) is 0 Å². The third kappa shape index (κ3) is 3.25. The Kier molecular flexibility index (Phi) is 4.40. The molecule has 0 amide bonds. The van der Waals surface area contributed by atoms with E-state index in [1.165, 1.54) is 16.8 Å². The van der Waals surface area contributed by atoms with Crippen LogP contribution in [0.2, 0.25) is 0 Å². The molecule has 3 N–H and O–H groups in total. The molecule has 1 aromatic heterocycles. The maximum Gasteiger partial charge on any atom is 0.335 e. The van der Waals surface area contributed by atoms with Crippen LogP contribution in [0.25, 0.3) is 5.69 Å². The molecule has 2 aromatic carbocycles. The number of aromatic carboxylic acids is 1. The molecule has 8 heteroatoms. The van der Waals surface area contributed by atoms with Crippen molar-refractivity contribution in [2.24, 2.45) is 10.2 Å². The average molecular weight is 352 g/mol. The Morgan fingerprint density at radius 1 is 1.04 bits per heavy atom. The van der Waals surface area contributed by atoms with Gasteiger partial charge in [-0.15, -0.1) is 10.2 Å². The second-order valence-corrected chi connectivity index (χ2v) is 5.71. The lowest BCUT2D eigenvalue weighted by Crippen LogP contribution is -1.95. The summed E-state index contributed by atoms with van der Waals surface area (Å²) in [7, 11) is 0. The Hall–Kier alpha value is -3.68. The van der Waals surface area contributed by atoms with Crippen LogP contribution in [0, 0.1) is 13.8 Å². The van der Waals surface area contributed by atoms with Crippen LogP contribution in [0.5, 0.6) is 11.6 Å². The number of hydrogen-bond acceptors (Lipinski definition) is 6. The van der Waals surface area contributed by atoms with Gasteiger partial charge in [0.25, 0.3) is 0 Å². The number of aromatic hydroxyl groups is 2. The van der Waals surface area contributed by atoms with E-state index in [0.29, 0.717) is 11.4 Å². The van der Waals surface area contributed by atoms with Gasteiger partial charge in [-0.05, 0) is 44.2 Å². The van der Waals surface area contributed by atoms with Gasteiger partial charge in [-0.25, -0.2) is 4.79 Å². The van der Waals surface area contributed by atoms with Crippen molar-refractivity contribution >= 4 is 17.3 Å². The van der Waals surface area contributed by atoms with Crippen LogP contribution in [-0.4, -0.2) is 31.1 Å². The van der Waals surface area contributed by atoms with E-state index >= 15 is 0 Å². The molecule has 0 spiro atoms. The van der Waals surface area contributed by atoms with Gasteiger partial charge in [0.2, 0.25) is 5.88 Å². The van der Waals surface area contributed by atoms with Gasteiger partial charge in [0.05, 0.1) is 16.9 Å². The van der Waals surface area contributed by atoms with Gasteiger partial charge in [-0.3, -0.25) is 0 Å². The van der Waals surface area contributed by atoms with Crippen LogP contribution in [0.3, 0.4) is 0 Å². The minimum absolute atomic E-state index is 0.0623. The summed E-state index contributed by atoms with van der Waals surface area (Å²) in [4.78, 5) is 10.9. The summed E-state index contributed by atoms with van der Waals surface area (Å²) in [6.07, 6.45) is 0. The lowest BCUT2D eigenvalue weighted by atomic mass is 10.2. The van der Waals surface area contributed by atoms with Crippen molar-refractivity contribution in [2.75, 3.05) is 0 Å². The van der Waals surface area contributed by atoms with Gasteiger partial charge in [0.1, 0.15) is 11.4 Å². The number of phenols is 1. The molecule has 0 aliphatic heterocycles. The number of nitrogens with zero attached hydrogens (tertiary/aromatic N) is 4. The number of benzene rings is 2. The second-order valence-electron chi connectivity index (χ2n) is 5.71. The van der Waals surface area contributed by atoms with Crippen molar-refractivity contribution < 1.29 is 20.1 Å². The Morgan fingerprint density at radius 2 is 1.73 bits per heavy atom. The molecule has 1 heterocycles. The van der Waals surface area contributed by atoms with Gasteiger partial charge in [0.15, 0.2) is 5.69 Å². The van der Waals surface area contributed by atoms with Gasteiger partial charge in [-0.1, -0.05) is 17.7 Å². The SMILES string of the molecule is Cc1ccc(-n2nc(C)c(/N=N/c3ccc(C(=O)O)cc3O)c2O)cc1. The molecule has 0 aliphatic rings. The first-order valence-electron chi connectivity index (χ1n) is 7.70. The summed E-state index contributed by atoms with van der Waals surface area (Å²) >= 11 is 0. The Balaban J connectivity index is 1.94. The molecular formula is C18H16N4O4. The van der Waals surface area contributed by atoms with E-state index in [4.69, 9.17) is 5.11 Å². The fourth-order valence-electron chi connectivity index (χ4n) is 2.33. The molecule has 0 fully saturated rings. The molecule has 0 radical (unpaired) electrons. The summed E-state index contributed by atoms with van der Waals surface area (Å²) in [5, 5.41) is 41.3. The highest BCUT2D eigenvalue weighted by Gasteiger charge is 2.16. The number of rotatable bonds is 4. The number of phenolic OH excluding ortho intramolecular Hbond substituents is 1. The van der Waals surface area contributed by atoms with E-state index in [2.05, 4.69) is 15.3 Å². The normalized spacial score (nSPS) is 11.2. The molecule has 8 nitrogen and oxygen atoms in total. The predicted octanol–water partition coefficient (Wildman–Crippen LogP) is 4.01. The number of carboxylic acids is 1. The topological polar surface area (TPSA) is 120 Å². The van der Waals surface area contributed by atoms with Gasteiger partial charge < -0.3 is 15.3 Å². The maximum atomic E-state index is 10.9. The van der Waals surface area contributed by atoms with Gasteiger partial charge in [0, 0.05) is 0 Å². The number of aryl methyl sites for hydroxylation is 2. The van der Waals surface area contributed by atoms with Crippen molar-refractivity contribution in [3.05, 3.63) is 59.3 Å². The Bertz CT molecular complexity index is 1010. The fraction of sp³-hybridized carbons (Fsp3) is 0.111. The van der Waals surface area contributed by atoms with Crippen LogP contribution in [-0.2, 0) is 0 Å². The zero-order valence-electron chi connectivity index (χ0n) is 14.1. The van der Waals surface area contributed by atoms with E-state index in [9.17, 15) is 15.0 Å². The van der Waals surface area contributed by atoms with E-state index in [0.717, 1.165) is 11.6 Å². The third-order valence-corrected chi connectivity index (χ3v) is 3.76. The van der Waals surface area contributed by atoms with E-state index in [1.807, 2.05) is 31.2 Å². The molecule has 0 aliphatic carbocycles. The standard InChI is InChI=1S/C18H16N4O4/c1-10-3-6-13(7-4-10)22-17(24)16(11(2)21-22)20-19-14-8-5-12(18(25)26)9-15(14)23/h3-9,23-24H,1-2H3,(H,25,26)/b20-19+. The monoisotopic (exact) mass is 352 g/mol. The molecule has 132 valence electrons. The highest BCUT2D eigenvalue weighted by Crippen LogP contribution is 2.35. The molecule has 3 aromatic rings. The van der Waals surface area contributed by atoms with E-state index in [1.54, 1.807) is 6.92 Å². The molecular weight excluding hydrogens is 336 g/mol. The molecule has 3 rings (SSSR count). The van der Waals surface area contributed by atoms with Crippen molar-refractivity contribution in [2.45, 2.75) is 13.8 Å². The summed E-state index contributed by atoms with van der Waals surface area (Å²) in [5.41, 5.74) is 2.38. The first-order valence-corrected chi connectivity index (χ1v) is 7.70. The zero-order valence-corrected chi connectivity index (χ0v) is 14.1. The van der Waals surface area contributed by atoms with Crippen LogP contribution >= 0.6 is 0 Å². The number of aromatic nitrogens is 2. The summed E-state index contributed by atoms with van der Waals surface area (Å²) in [6.45, 7) is 3.63. The fourth-order valence-corrected chi connectivity index (χ4v) is 2.33. The van der Waals surface area contributed by atoms with Crippen molar-refractivity contribution in [1.82, 2.24) is 9.78 Å². The lowest BCUT2D eigenvalue weighted by Gasteiger charge is -2.03. The second kappa shape index (κ2) is 6.67. The van der Waals surface area contributed by atoms with Crippen LogP contribution < -0.4 is 0 Å². The molecule has 0 saturated heterocycles. The van der Waals surface area contributed by atoms with Crippen LogP contribution in [0.4, 0.5) is 11.4 Å². The average Bonchev–Trinajstić information content (AvgIpc) is 2.89. The zero-order chi connectivity index (χ0) is 18.8. The Morgan fingerprint density at radius 3 is 2.35 bits per heavy atom. The van der Waals surface area contributed by atoms with E-state index < -0.39 is 5.97 Å². The quantitative estimate of drug-likeness (QED) is 0.613. The molecule has 26 heavy (non-hydrogen) atoms. The molecule has 0 unspecified atom stereocenters. The first kappa shape index (κ1) is 17.2. The predicted molar refractivity (Wildman–Crippen MR) is 93.9 cm³/mol. The van der Waals surface area contributed by atoms with Crippen LogP contribution in [0.15, 0.2) is 52.7 Å². The van der Waals surface area contributed by atoms with Gasteiger partial charge in [-0.2, -0.15) is 9.78 Å². The number of carboxylic acid groups (broad SMARTS) is 1. The number of hydrogen-bond donors (Lipinski definition) is 3. The summed E-state index contributed by atoms with van der Waals surface area (Å²) in [6, 6.07) is 11.2. The number of azo groups is 1. The van der Waals surface area contributed by atoms with Crippen LogP contribution in [0.1, 0.15) is 21.6 Å². The third-order valence-electron chi connectivity index (χ3n) is 3.76. The first-order chi connectivity index (χ1) is 12.4. The minimum Gasteiger partial charge on any atom is -0.506 e. The smallest absolute Gasteiger partial charge is 0.335 e. The largest absolute Gasteiger partial charge is 0.506 e. The minimum atomic E-state index is -1.16. The summed E-state index contributed by atoms with van der Waals surface area (Å²) in [5.74, 6) is -1.66.